The predicted molar refractivity (Wildman–Crippen MR) is 61.1 cm³/mol. The number of aromatic carboxylic acids is 1. The van der Waals surface area contributed by atoms with Gasteiger partial charge in [-0.15, -0.1) is 0 Å². The fourth-order valence-electron chi connectivity index (χ4n) is 1.41. The van der Waals surface area contributed by atoms with Crippen LogP contribution in [0.4, 0.5) is 0 Å². The number of hydrogen-bond donors (Lipinski definition) is 1. The molecular formula is C11H8BrNO2. The lowest BCUT2D eigenvalue weighted by molar-refractivity contribution is 0.0691. The maximum atomic E-state index is 10.8. The van der Waals surface area contributed by atoms with Gasteiger partial charge in [-0.1, -0.05) is 27.6 Å². The number of aromatic nitrogens is 1. The van der Waals surface area contributed by atoms with Crippen molar-refractivity contribution in [1.29, 1.82) is 0 Å². The van der Waals surface area contributed by atoms with Crippen molar-refractivity contribution in [3.8, 4) is 0 Å². The van der Waals surface area contributed by atoms with Crippen LogP contribution in [0.25, 0.3) is 10.9 Å². The van der Waals surface area contributed by atoms with Gasteiger partial charge >= 0.3 is 5.97 Å². The Labute approximate surface area is 94.9 Å². The van der Waals surface area contributed by atoms with Gasteiger partial charge in [0.2, 0.25) is 0 Å². The van der Waals surface area contributed by atoms with Crippen LogP contribution in [0.15, 0.2) is 28.7 Å². The van der Waals surface area contributed by atoms with Crippen molar-refractivity contribution in [2.45, 2.75) is 6.92 Å². The van der Waals surface area contributed by atoms with E-state index in [-0.39, 0.29) is 5.69 Å². The molecule has 0 amide bonds. The summed E-state index contributed by atoms with van der Waals surface area (Å²) >= 11 is 3.35. The van der Waals surface area contributed by atoms with Gasteiger partial charge in [0.25, 0.3) is 0 Å². The average molecular weight is 266 g/mol. The standard InChI is InChI=1S/C11H8BrNO2/c1-6-2-3-9-7(4-6)8(12)5-10(13-9)11(14)15/h2-5H,1H3,(H,14,15). The molecule has 0 unspecified atom stereocenters. The van der Waals surface area contributed by atoms with E-state index in [1.54, 1.807) is 0 Å². The molecule has 0 aliphatic heterocycles. The van der Waals surface area contributed by atoms with Crippen LogP contribution in [0, 0.1) is 6.92 Å². The molecule has 0 atom stereocenters. The molecule has 3 nitrogen and oxygen atoms in total. The van der Waals surface area contributed by atoms with E-state index in [2.05, 4.69) is 20.9 Å². The second kappa shape index (κ2) is 3.62. The van der Waals surface area contributed by atoms with Gasteiger partial charge in [-0.2, -0.15) is 0 Å². The third-order valence-electron chi connectivity index (χ3n) is 2.13. The molecule has 0 bridgehead atoms. The minimum Gasteiger partial charge on any atom is -0.477 e. The molecule has 0 spiro atoms. The van der Waals surface area contributed by atoms with E-state index in [0.29, 0.717) is 5.52 Å². The van der Waals surface area contributed by atoms with E-state index in [0.717, 1.165) is 15.4 Å². The third-order valence-corrected chi connectivity index (χ3v) is 2.79. The van der Waals surface area contributed by atoms with Crippen LogP contribution in [0.2, 0.25) is 0 Å². The van der Waals surface area contributed by atoms with E-state index in [1.165, 1.54) is 6.07 Å². The van der Waals surface area contributed by atoms with Gasteiger partial charge in [0.05, 0.1) is 5.52 Å². The summed E-state index contributed by atoms with van der Waals surface area (Å²) in [5.41, 5.74) is 1.86. The summed E-state index contributed by atoms with van der Waals surface area (Å²) in [5, 5.41) is 9.77. The first kappa shape index (κ1) is 10.1. The first-order chi connectivity index (χ1) is 7.08. The van der Waals surface area contributed by atoms with Gasteiger partial charge in [0.1, 0.15) is 5.69 Å². The highest BCUT2D eigenvalue weighted by atomic mass is 79.9. The quantitative estimate of drug-likeness (QED) is 0.863. The molecule has 0 saturated carbocycles. The number of carboxylic acids is 1. The van der Waals surface area contributed by atoms with E-state index in [1.807, 2.05) is 25.1 Å². The van der Waals surface area contributed by atoms with Crippen molar-refractivity contribution in [3.05, 3.63) is 40.0 Å². The van der Waals surface area contributed by atoms with Crippen molar-refractivity contribution in [2.75, 3.05) is 0 Å². The number of halogens is 1. The van der Waals surface area contributed by atoms with Gasteiger partial charge in [-0.05, 0) is 25.1 Å². The van der Waals surface area contributed by atoms with E-state index in [9.17, 15) is 4.79 Å². The molecule has 1 aromatic carbocycles. The molecular weight excluding hydrogens is 258 g/mol. The lowest BCUT2D eigenvalue weighted by atomic mass is 10.1. The summed E-state index contributed by atoms with van der Waals surface area (Å²) in [6.07, 6.45) is 0. The van der Waals surface area contributed by atoms with E-state index in [4.69, 9.17) is 5.11 Å². The van der Waals surface area contributed by atoms with Crippen LogP contribution in [-0.2, 0) is 0 Å². The number of rotatable bonds is 1. The second-order valence-electron chi connectivity index (χ2n) is 3.32. The zero-order valence-corrected chi connectivity index (χ0v) is 9.58. The summed E-state index contributed by atoms with van der Waals surface area (Å²) < 4.78 is 0.758. The van der Waals surface area contributed by atoms with Crippen LogP contribution in [-0.4, -0.2) is 16.1 Å². The minimum absolute atomic E-state index is 0.0539. The van der Waals surface area contributed by atoms with Crippen molar-refractivity contribution in [1.82, 2.24) is 4.98 Å². The monoisotopic (exact) mass is 265 g/mol. The van der Waals surface area contributed by atoms with Crippen LogP contribution in [0.5, 0.6) is 0 Å². The Balaban J connectivity index is 2.78. The number of aryl methyl sites for hydroxylation is 1. The number of carbonyl (C=O) groups is 1. The Morgan fingerprint density at radius 2 is 2.13 bits per heavy atom. The van der Waals surface area contributed by atoms with Gasteiger partial charge in [-0.25, -0.2) is 9.78 Å². The lowest BCUT2D eigenvalue weighted by Crippen LogP contribution is -2.00. The van der Waals surface area contributed by atoms with E-state index < -0.39 is 5.97 Å². The molecule has 0 fully saturated rings. The smallest absolute Gasteiger partial charge is 0.354 e. The fraction of sp³-hybridized carbons (Fsp3) is 0.0909. The Morgan fingerprint density at radius 3 is 2.80 bits per heavy atom. The molecule has 1 aromatic heterocycles. The van der Waals surface area contributed by atoms with Crippen molar-refractivity contribution in [3.63, 3.8) is 0 Å². The molecule has 0 aliphatic carbocycles. The van der Waals surface area contributed by atoms with Gasteiger partial charge in [0, 0.05) is 9.86 Å². The topological polar surface area (TPSA) is 50.2 Å². The molecule has 0 saturated heterocycles. The molecule has 0 radical (unpaired) electrons. The Morgan fingerprint density at radius 1 is 1.40 bits per heavy atom. The predicted octanol–water partition coefficient (Wildman–Crippen LogP) is 3.00. The Bertz CT molecular complexity index is 552. The highest BCUT2D eigenvalue weighted by Crippen LogP contribution is 2.24. The second-order valence-corrected chi connectivity index (χ2v) is 4.17. The first-order valence-corrected chi connectivity index (χ1v) is 5.17. The van der Waals surface area contributed by atoms with E-state index >= 15 is 0 Å². The Hall–Kier alpha value is -1.42. The zero-order valence-electron chi connectivity index (χ0n) is 7.99. The summed E-state index contributed by atoms with van der Waals surface area (Å²) in [7, 11) is 0. The highest BCUT2D eigenvalue weighted by Gasteiger charge is 2.09. The number of fused-ring (bicyclic) bond motifs is 1. The van der Waals surface area contributed by atoms with Crippen molar-refractivity contribution < 1.29 is 9.90 Å². The molecule has 1 N–H and O–H groups in total. The third kappa shape index (κ3) is 1.85. The van der Waals surface area contributed by atoms with Crippen LogP contribution in [0.3, 0.4) is 0 Å². The van der Waals surface area contributed by atoms with Gasteiger partial charge < -0.3 is 5.11 Å². The molecule has 1 heterocycles. The largest absolute Gasteiger partial charge is 0.477 e. The maximum Gasteiger partial charge on any atom is 0.354 e. The average Bonchev–Trinajstić information content (AvgIpc) is 2.18. The minimum atomic E-state index is -1.02. The van der Waals surface area contributed by atoms with Crippen molar-refractivity contribution in [2.24, 2.45) is 0 Å². The summed E-state index contributed by atoms with van der Waals surface area (Å²) in [5.74, 6) is -1.02. The van der Waals surface area contributed by atoms with Crippen LogP contribution in [0.1, 0.15) is 16.1 Å². The maximum absolute atomic E-state index is 10.8. The number of hydrogen-bond acceptors (Lipinski definition) is 2. The zero-order chi connectivity index (χ0) is 11.0. The summed E-state index contributed by atoms with van der Waals surface area (Å²) in [4.78, 5) is 14.8. The molecule has 76 valence electrons. The molecule has 2 rings (SSSR count). The van der Waals surface area contributed by atoms with Crippen LogP contribution < -0.4 is 0 Å². The van der Waals surface area contributed by atoms with Gasteiger partial charge in [-0.3, -0.25) is 0 Å². The summed E-state index contributed by atoms with van der Waals surface area (Å²) in [6.45, 7) is 1.98. The van der Waals surface area contributed by atoms with Crippen LogP contribution >= 0.6 is 15.9 Å². The first-order valence-electron chi connectivity index (χ1n) is 4.38. The molecule has 0 aliphatic rings. The molecule has 15 heavy (non-hydrogen) atoms. The Kier molecular flexibility index (Phi) is 2.44. The highest BCUT2D eigenvalue weighted by molar-refractivity contribution is 9.10. The molecule has 2 aromatic rings. The number of nitrogens with zero attached hydrogens (tertiary/aromatic N) is 1. The fourth-order valence-corrected chi connectivity index (χ4v) is 1.94. The SMILES string of the molecule is Cc1ccc2nc(C(=O)O)cc(Br)c2c1. The number of benzene rings is 1. The molecule has 4 heteroatoms. The van der Waals surface area contributed by atoms with Crippen molar-refractivity contribution >= 4 is 32.8 Å². The lowest BCUT2D eigenvalue weighted by Gasteiger charge is -2.03. The van der Waals surface area contributed by atoms with Gasteiger partial charge in [0.15, 0.2) is 0 Å². The normalized spacial score (nSPS) is 10.5. The number of pyridine rings is 1. The summed E-state index contributed by atoms with van der Waals surface area (Å²) in [6, 6.07) is 7.22. The number of carboxylic acid groups (broad SMARTS) is 1.